The van der Waals surface area contributed by atoms with Crippen molar-refractivity contribution in [2.75, 3.05) is 5.73 Å². The highest BCUT2D eigenvalue weighted by atomic mass is 16.6. The van der Waals surface area contributed by atoms with Crippen LogP contribution in [-0.2, 0) is 16.1 Å². The second kappa shape index (κ2) is 6.11. The number of aliphatic carboxylic acids is 1. The van der Waals surface area contributed by atoms with Gasteiger partial charge in [0.1, 0.15) is 29.4 Å². The number of carboxylic acid groups (broad SMARTS) is 1. The number of fused-ring (bicyclic) bond motifs is 1. The van der Waals surface area contributed by atoms with Crippen LogP contribution in [0.1, 0.15) is 20.8 Å². The number of nitrogens with one attached hydrogen (secondary N) is 1. The van der Waals surface area contributed by atoms with Gasteiger partial charge in [-0.2, -0.15) is 0 Å². The van der Waals surface area contributed by atoms with Crippen LogP contribution >= 0.6 is 0 Å². The van der Waals surface area contributed by atoms with Crippen LogP contribution in [-0.4, -0.2) is 43.3 Å². The van der Waals surface area contributed by atoms with Crippen molar-refractivity contribution in [1.29, 1.82) is 0 Å². The lowest BCUT2D eigenvalue weighted by Gasteiger charge is -2.22. The molecule has 1 atom stereocenters. The molecule has 0 bridgehead atoms. The van der Waals surface area contributed by atoms with E-state index < -0.39 is 23.7 Å². The lowest BCUT2D eigenvalue weighted by atomic mass is 10.2. The summed E-state index contributed by atoms with van der Waals surface area (Å²) < 4.78 is 6.66. The number of carbonyl (C=O) groups is 2. The molecule has 4 N–H and O–H groups in total. The van der Waals surface area contributed by atoms with Crippen LogP contribution in [0.4, 0.5) is 10.6 Å². The van der Waals surface area contributed by atoms with E-state index in [4.69, 9.17) is 10.5 Å². The van der Waals surface area contributed by atoms with Gasteiger partial charge in [0.05, 0.1) is 11.9 Å². The largest absolute Gasteiger partial charge is 0.480 e. The van der Waals surface area contributed by atoms with E-state index in [1.54, 1.807) is 37.6 Å². The number of aromatic nitrogens is 3. The molecule has 0 radical (unpaired) electrons. The van der Waals surface area contributed by atoms with Crippen LogP contribution in [0, 0.1) is 0 Å². The number of nitrogens with two attached hydrogens (primary N) is 1. The Morgan fingerprint density at radius 2 is 2.13 bits per heavy atom. The molecule has 0 unspecified atom stereocenters. The molecule has 2 aromatic heterocycles. The molecular weight excluding hydrogens is 302 g/mol. The van der Waals surface area contributed by atoms with Gasteiger partial charge in [-0.15, -0.1) is 0 Å². The second-order valence-corrected chi connectivity index (χ2v) is 6.00. The molecule has 0 saturated carbocycles. The van der Waals surface area contributed by atoms with E-state index in [0.717, 1.165) is 0 Å². The van der Waals surface area contributed by atoms with E-state index in [1.807, 2.05) is 0 Å². The molecule has 0 aromatic carbocycles. The summed E-state index contributed by atoms with van der Waals surface area (Å²) in [6.45, 7) is 5.07. The Bertz CT molecular complexity index is 734. The van der Waals surface area contributed by atoms with Crippen molar-refractivity contribution in [1.82, 2.24) is 19.9 Å². The highest BCUT2D eigenvalue weighted by Gasteiger charge is 2.25. The van der Waals surface area contributed by atoms with Crippen molar-refractivity contribution in [3.63, 3.8) is 0 Å². The zero-order chi connectivity index (χ0) is 17.2. The van der Waals surface area contributed by atoms with Crippen LogP contribution in [0.3, 0.4) is 0 Å². The molecular formula is C14H19N5O4. The van der Waals surface area contributed by atoms with Gasteiger partial charge >= 0.3 is 12.1 Å². The monoisotopic (exact) mass is 321 g/mol. The van der Waals surface area contributed by atoms with Crippen molar-refractivity contribution in [2.45, 2.75) is 39.0 Å². The summed E-state index contributed by atoms with van der Waals surface area (Å²) in [5.74, 6) is -0.875. The van der Waals surface area contributed by atoms with Crippen molar-refractivity contribution in [2.24, 2.45) is 0 Å². The number of nitrogens with zero attached hydrogens (tertiary/aromatic N) is 3. The number of amides is 1. The van der Waals surface area contributed by atoms with Gasteiger partial charge in [-0.25, -0.2) is 19.6 Å². The fourth-order valence-electron chi connectivity index (χ4n) is 2.00. The molecule has 0 aliphatic rings. The maximum absolute atomic E-state index is 11.8. The lowest BCUT2D eigenvalue weighted by molar-refractivity contribution is -0.139. The fraction of sp³-hybridized carbons (Fsp3) is 0.429. The summed E-state index contributed by atoms with van der Waals surface area (Å²) in [7, 11) is 0. The summed E-state index contributed by atoms with van der Waals surface area (Å²) in [6.07, 6.45) is 2.14. The number of carbonyl (C=O) groups excluding carboxylic acids is 1. The van der Waals surface area contributed by atoms with Crippen molar-refractivity contribution < 1.29 is 19.4 Å². The summed E-state index contributed by atoms with van der Waals surface area (Å²) in [5, 5.41) is 12.3. The first-order valence-electron chi connectivity index (χ1n) is 6.95. The van der Waals surface area contributed by atoms with Crippen LogP contribution in [0.2, 0.25) is 0 Å². The minimum absolute atomic E-state index is 0.0193. The van der Waals surface area contributed by atoms with Crippen molar-refractivity contribution in [3.8, 4) is 0 Å². The molecule has 23 heavy (non-hydrogen) atoms. The minimum Gasteiger partial charge on any atom is -0.480 e. The Hall–Kier alpha value is -2.84. The van der Waals surface area contributed by atoms with Crippen molar-refractivity contribution >= 4 is 28.9 Å². The van der Waals surface area contributed by atoms with E-state index >= 15 is 0 Å². The van der Waals surface area contributed by atoms with E-state index in [0.29, 0.717) is 16.9 Å². The number of hydrogen-bond donors (Lipinski definition) is 3. The molecule has 2 rings (SSSR count). The van der Waals surface area contributed by atoms with Crippen LogP contribution in [0.15, 0.2) is 18.6 Å². The first kappa shape index (κ1) is 16.5. The first-order valence-corrected chi connectivity index (χ1v) is 6.95. The number of hydrogen-bond acceptors (Lipinski definition) is 6. The highest BCUT2D eigenvalue weighted by Crippen LogP contribution is 2.18. The summed E-state index contributed by atoms with van der Waals surface area (Å²) in [5.41, 5.74) is 5.52. The quantitative estimate of drug-likeness (QED) is 0.764. The van der Waals surface area contributed by atoms with Gasteiger partial charge in [-0.05, 0) is 26.8 Å². The number of rotatable bonds is 4. The third kappa shape index (κ3) is 4.09. The predicted octanol–water partition coefficient (Wildman–Crippen LogP) is 0.991. The second-order valence-electron chi connectivity index (χ2n) is 6.00. The Morgan fingerprint density at radius 3 is 2.74 bits per heavy atom. The van der Waals surface area contributed by atoms with Gasteiger partial charge in [0, 0.05) is 6.20 Å². The maximum atomic E-state index is 11.8. The number of carboxylic acids is 1. The summed E-state index contributed by atoms with van der Waals surface area (Å²) in [4.78, 5) is 31.1. The molecule has 2 aromatic rings. The Labute approximate surface area is 132 Å². The zero-order valence-electron chi connectivity index (χ0n) is 13.1. The molecule has 9 nitrogen and oxygen atoms in total. The van der Waals surface area contributed by atoms with Crippen LogP contribution in [0.25, 0.3) is 11.0 Å². The minimum atomic E-state index is -1.18. The Morgan fingerprint density at radius 1 is 1.43 bits per heavy atom. The molecule has 0 fully saturated rings. The molecule has 0 aliphatic carbocycles. The smallest absolute Gasteiger partial charge is 0.408 e. The average molecular weight is 321 g/mol. The molecule has 2 heterocycles. The molecule has 0 spiro atoms. The van der Waals surface area contributed by atoms with E-state index in [2.05, 4.69) is 15.3 Å². The molecule has 124 valence electrons. The number of ether oxygens (including phenoxy) is 1. The Kier molecular flexibility index (Phi) is 4.39. The predicted molar refractivity (Wildman–Crippen MR) is 82.7 cm³/mol. The topological polar surface area (TPSA) is 132 Å². The number of alkyl carbamates (subject to hydrolysis) is 1. The first-order chi connectivity index (χ1) is 10.7. The van der Waals surface area contributed by atoms with E-state index in [1.165, 1.54) is 6.33 Å². The third-order valence-electron chi connectivity index (χ3n) is 2.96. The normalized spacial score (nSPS) is 12.8. The van der Waals surface area contributed by atoms with E-state index in [-0.39, 0.29) is 6.54 Å². The number of nitrogen functional groups attached to an aromatic ring is 1. The molecule has 1 amide bonds. The summed E-state index contributed by atoms with van der Waals surface area (Å²) in [6, 6.07) is 0.522. The van der Waals surface area contributed by atoms with Gasteiger partial charge in [-0.1, -0.05) is 0 Å². The third-order valence-corrected chi connectivity index (χ3v) is 2.96. The SMILES string of the molecule is CC(C)(C)OC(=O)N[C@@H](Cn1ccc2c(N)ncnc21)C(=O)O. The maximum Gasteiger partial charge on any atom is 0.408 e. The number of anilines is 1. The van der Waals surface area contributed by atoms with Gasteiger partial charge in [0.15, 0.2) is 0 Å². The van der Waals surface area contributed by atoms with Crippen molar-refractivity contribution in [3.05, 3.63) is 18.6 Å². The lowest BCUT2D eigenvalue weighted by Crippen LogP contribution is -2.45. The molecule has 0 saturated heterocycles. The molecule has 9 heteroatoms. The van der Waals surface area contributed by atoms with Gasteiger partial charge < -0.3 is 25.5 Å². The molecule has 0 aliphatic heterocycles. The standard InChI is InChI=1S/C14H19N5O4/c1-14(2,3)23-13(22)18-9(12(20)21)6-19-5-4-8-10(15)16-7-17-11(8)19/h4-5,7,9H,6H2,1-3H3,(H,18,22)(H,20,21)(H2,15,16,17)/t9-/m0/s1. The Balaban J connectivity index is 2.17. The average Bonchev–Trinajstić information content (AvgIpc) is 2.80. The van der Waals surface area contributed by atoms with Gasteiger partial charge in [0.25, 0.3) is 0 Å². The zero-order valence-corrected chi connectivity index (χ0v) is 13.1. The van der Waals surface area contributed by atoms with E-state index in [9.17, 15) is 14.7 Å². The summed E-state index contributed by atoms with van der Waals surface area (Å²) >= 11 is 0. The van der Waals surface area contributed by atoms with Crippen LogP contribution in [0.5, 0.6) is 0 Å². The fourth-order valence-corrected chi connectivity index (χ4v) is 2.00. The van der Waals surface area contributed by atoms with Crippen LogP contribution < -0.4 is 11.1 Å². The van der Waals surface area contributed by atoms with Gasteiger partial charge in [-0.3, -0.25) is 0 Å². The van der Waals surface area contributed by atoms with Gasteiger partial charge in [0.2, 0.25) is 0 Å². The highest BCUT2D eigenvalue weighted by molar-refractivity contribution is 5.86.